The second-order valence-electron chi connectivity index (χ2n) is 8.85. The number of nitrogens with zero attached hydrogens (tertiary/aromatic N) is 2. The molecule has 3 aromatic rings. The molecule has 1 fully saturated rings. The van der Waals surface area contributed by atoms with Crippen LogP contribution in [-0.4, -0.2) is 47.9 Å². The third kappa shape index (κ3) is 5.09. The van der Waals surface area contributed by atoms with Crippen LogP contribution in [0.1, 0.15) is 48.7 Å². The number of methoxy groups -OCH3 is 2. The summed E-state index contributed by atoms with van der Waals surface area (Å²) < 4.78 is 17.6. The molecule has 3 heterocycles. The van der Waals surface area contributed by atoms with E-state index >= 15 is 0 Å². The third-order valence-corrected chi connectivity index (χ3v) is 6.58. The first-order valence-electron chi connectivity index (χ1n) is 11.6. The molecule has 9 nitrogen and oxygen atoms in total. The topological polar surface area (TPSA) is 111 Å². The lowest BCUT2D eigenvalue weighted by atomic mass is 9.92. The van der Waals surface area contributed by atoms with Crippen LogP contribution >= 0.6 is 0 Å². The Labute approximate surface area is 202 Å². The molecule has 1 aliphatic heterocycles. The lowest BCUT2D eigenvalue weighted by Gasteiger charge is -2.26. The van der Waals surface area contributed by atoms with E-state index in [0.29, 0.717) is 23.6 Å². The molecule has 2 aromatic heterocycles. The molecule has 1 atom stereocenters. The number of pyridine rings is 1. The van der Waals surface area contributed by atoms with E-state index in [1.165, 1.54) is 24.2 Å². The third-order valence-electron chi connectivity index (χ3n) is 6.58. The maximum atomic E-state index is 13.4. The summed E-state index contributed by atoms with van der Waals surface area (Å²) in [4.78, 5) is 40.6. The van der Waals surface area contributed by atoms with Gasteiger partial charge in [0.2, 0.25) is 11.2 Å². The number of aromatic hydroxyl groups is 1. The van der Waals surface area contributed by atoms with Gasteiger partial charge in [-0.3, -0.25) is 19.3 Å². The van der Waals surface area contributed by atoms with Gasteiger partial charge in [-0.05, 0) is 49.5 Å². The average Bonchev–Trinajstić information content (AvgIpc) is 2.87. The minimum Gasteiger partial charge on any atom is -0.502 e. The summed E-state index contributed by atoms with van der Waals surface area (Å²) in [5.41, 5.74) is -0.151. The van der Waals surface area contributed by atoms with Crippen molar-refractivity contribution in [3.8, 4) is 11.5 Å². The lowest BCUT2D eigenvalue weighted by molar-refractivity contribution is -0.140. The van der Waals surface area contributed by atoms with Gasteiger partial charge < -0.3 is 23.6 Å². The number of hydrogen-bond acceptors (Lipinski definition) is 8. The minimum absolute atomic E-state index is 0.111. The number of carbonyl (C=O) groups excluding carboxylic acids is 1. The average molecular weight is 483 g/mol. The Morgan fingerprint density at radius 1 is 1.11 bits per heavy atom. The maximum absolute atomic E-state index is 13.4. The summed E-state index contributed by atoms with van der Waals surface area (Å²) in [7, 11) is 4.40. The molecule has 9 heteroatoms. The van der Waals surface area contributed by atoms with Crippen molar-refractivity contribution in [3.63, 3.8) is 0 Å². The zero-order valence-corrected chi connectivity index (χ0v) is 20.2. The molecule has 186 valence electrons. The van der Waals surface area contributed by atoms with Gasteiger partial charge in [0, 0.05) is 24.7 Å². The highest BCUT2D eigenvalue weighted by molar-refractivity contribution is 5.82. The van der Waals surface area contributed by atoms with E-state index in [1.54, 1.807) is 38.4 Å². The maximum Gasteiger partial charge on any atom is 0.306 e. The van der Waals surface area contributed by atoms with Crippen LogP contribution in [0.2, 0.25) is 0 Å². The smallest absolute Gasteiger partial charge is 0.306 e. The molecule has 0 spiro atoms. The predicted octanol–water partition coefficient (Wildman–Crippen LogP) is 2.89. The van der Waals surface area contributed by atoms with E-state index in [4.69, 9.17) is 13.9 Å². The molecular weight excluding hydrogens is 452 g/mol. The molecule has 0 radical (unpaired) electrons. The Kier molecular flexibility index (Phi) is 7.25. The molecule has 1 N–H and O–H groups in total. The molecule has 1 aromatic carbocycles. The number of benzene rings is 1. The van der Waals surface area contributed by atoms with Crippen molar-refractivity contribution in [3.05, 3.63) is 68.0 Å². The fraction of sp³-hybridized carbons (Fsp3) is 0.423. The van der Waals surface area contributed by atoms with Crippen LogP contribution in [0.15, 0.2) is 44.3 Å². The zero-order valence-electron chi connectivity index (χ0n) is 20.2. The molecule has 0 amide bonds. The Hall–Kier alpha value is -3.59. The Bertz CT molecular complexity index is 1350. The molecule has 35 heavy (non-hydrogen) atoms. The second-order valence-corrected chi connectivity index (χ2v) is 8.85. The summed E-state index contributed by atoms with van der Waals surface area (Å²) in [6, 6.07) is 8.24. The first-order chi connectivity index (χ1) is 16.8. The molecule has 1 saturated heterocycles. The van der Waals surface area contributed by atoms with Crippen LogP contribution < -0.4 is 15.7 Å². The number of aromatic nitrogens is 1. The van der Waals surface area contributed by atoms with E-state index in [-0.39, 0.29) is 23.3 Å². The van der Waals surface area contributed by atoms with Gasteiger partial charge in [-0.2, -0.15) is 0 Å². The van der Waals surface area contributed by atoms with Crippen molar-refractivity contribution in [2.45, 2.75) is 38.1 Å². The van der Waals surface area contributed by atoms with E-state index in [9.17, 15) is 19.5 Å². The van der Waals surface area contributed by atoms with E-state index in [2.05, 4.69) is 4.90 Å². The van der Waals surface area contributed by atoms with Crippen LogP contribution in [0.25, 0.3) is 10.9 Å². The Balaban J connectivity index is 1.85. The number of likely N-dealkylation sites (tertiary alicyclic amines) is 1. The number of piperidine rings is 1. The normalized spacial score (nSPS) is 15.2. The Morgan fingerprint density at radius 3 is 2.54 bits per heavy atom. The number of carbonyl (C=O) groups is 1. The van der Waals surface area contributed by atoms with Gasteiger partial charge in [-0.25, -0.2) is 0 Å². The zero-order chi connectivity index (χ0) is 25.1. The van der Waals surface area contributed by atoms with Crippen molar-refractivity contribution in [2.75, 3.05) is 27.3 Å². The molecule has 0 unspecified atom stereocenters. The van der Waals surface area contributed by atoms with Crippen molar-refractivity contribution >= 4 is 16.9 Å². The van der Waals surface area contributed by atoms with Gasteiger partial charge in [0.15, 0.2) is 5.76 Å². The highest BCUT2D eigenvalue weighted by atomic mass is 16.5. The SMILES string of the molecule is COC(=O)C[C@@H](c1oc(CN2CCCCC2)cc(=O)c1O)c1cc2ccc(OC)cc2n(C)c1=O. The Morgan fingerprint density at radius 2 is 1.86 bits per heavy atom. The van der Waals surface area contributed by atoms with E-state index in [0.717, 1.165) is 31.3 Å². The fourth-order valence-corrected chi connectivity index (χ4v) is 4.65. The molecule has 0 saturated carbocycles. The molecular formula is C26H30N2O7. The predicted molar refractivity (Wildman–Crippen MR) is 130 cm³/mol. The highest BCUT2D eigenvalue weighted by Crippen LogP contribution is 2.34. The monoisotopic (exact) mass is 482 g/mol. The summed E-state index contributed by atoms with van der Waals surface area (Å²) in [5, 5.41) is 11.4. The van der Waals surface area contributed by atoms with Crippen molar-refractivity contribution in [1.82, 2.24) is 9.47 Å². The summed E-state index contributed by atoms with van der Waals surface area (Å²) in [6.45, 7) is 2.18. The number of rotatable bonds is 7. The number of fused-ring (bicyclic) bond motifs is 1. The first kappa shape index (κ1) is 24.5. The van der Waals surface area contributed by atoms with Gasteiger partial charge in [-0.15, -0.1) is 0 Å². The number of hydrogen-bond donors (Lipinski definition) is 1. The minimum atomic E-state index is -1.01. The van der Waals surface area contributed by atoms with Gasteiger partial charge in [-0.1, -0.05) is 6.42 Å². The number of aryl methyl sites for hydroxylation is 1. The number of ether oxygens (including phenoxy) is 2. The van der Waals surface area contributed by atoms with Crippen molar-refractivity contribution in [2.24, 2.45) is 7.05 Å². The van der Waals surface area contributed by atoms with Crippen LogP contribution in [0, 0.1) is 0 Å². The largest absolute Gasteiger partial charge is 0.502 e. The standard InChI is InChI=1S/C26H30N2O7/c1-27-21-12-17(33-2)8-7-16(21)11-20(26(27)32)19(14-23(30)34-3)25-24(31)22(29)13-18(35-25)15-28-9-5-4-6-10-28/h7-8,11-13,19,31H,4-6,9-10,14-15H2,1-3H3/t19-/m1/s1. The lowest BCUT2D eigenvalue weighted by Crippen LogP contribution is -2.30. The van der Waals surface area contributed by atoms with E-state index < -0.39 is 23.1 Å². The summed E-state index contributed by atoms with van der Waals surface area (Å²) in [5.74, 6) is -1.36. The van der Waals surface area contributed by atoms with E-state index in [1.807, 2.05) is 0 Å². The van der Waals surface area contributed by atoms with Crippen LogP contribution in [0.5, 0.6) is 11.5 Å². The van der Waals surface area contributed by atoms with Crippen LogP contribution in [-0.2, 0) is 23.1 Å². The quantitative estimate of drug-likeness (QED) is 0.512. The van der Waals surface area contributed by atoms with Gasteiger partial charge in [0.1, 0.15) is 11.5 Å². The van der Waals surface area contributed by atoms with Crippen LogP contribution in [0.3, 0.4) is 0 Å². The van der Waals surface area contributed by atoms with Crippen molar-refractivity contribution < 1.29 is 23.8 Å². The van der Waals surface area contributed by atoms with Crippen LogP contribution in [0.4, 0.5) is 0 Å². The summed E-state index contributed by atoms with van der Waals surface area (Å²) >= 11 is 0. The van der Waals surface area contributed by atoms with Crippen molar-refractivity contribution in [1.29, 1.82) is 0 Å². The molecule has 4 rings (SSSR count). The van der Waals surface area contributed by atoms with Gasteiger partial charge in [0.25, 0.3) is 5.56 Å². The summed E-state index contributed by atoms with van der Waals surface area (Å²) in [6.07, 6.45) is 3.02. The molecule has 0 bridgehead atoms. The second kappa shape index (κ2) is 10.4. The first-order valence-corrected chi connectivity index (χ1v) is 11.6. The molecule has 0 aliphatic carbocycles. The fourth-order valence-electron chi connectivity index (χ4n) is 4.65. The van der Waals surface area contributed by atoms with Gasteiger partial charge >= 0.3 is 5.97 Å². The molecule has 1 aliphatic rings. The highest BCUT2D eigenvalue weighted by Gasteiger charge is 2.30. The number of esters is 1. The van der Waals surface area contributed by atoms with Gasteiger partial charge in [0.05, 0.1) is 38.6 Å².